The van der Waals surface area contributed by atoms with Crippen molar-refractivity contribution in [2.45, 2.75) is 6.43 Å². The molecule has 8 heteroatoms. The van der Waals surface area contributed by atoms with Gasteiger partial charge in [-0.15, -0.1) is 0 Å². The van der Waals surface area contributed by atoms with Crippen molar-refractivity contribution in [2.24, 2.45) is 0 Å². The molecule has 1 heterocycles. The van der Waals surface area contributed by atoms with Gasteiger partial charge in [0, 0.05) is 6.54 Å². The van der Waals surface area contributed by atoms with E-state index in [-0.39, 0.29) is 18.0 Å². The number of hydrogen-bond donors (Lipinski definition) is 2. The third-order valence-electron chi connectivity index (χ3n) is 1.61. The molecular formula is C8H10F2N4OS. The Balaban J connectivity index is 2.30. The normalized spacial score (nSPS) is 10.4. The zero-order chi connectivity index (χ0) is 12.0. The molecule has 0 aliphatic rings. The van der Waals surface area contributed by atoms with Gasteiger partial charge in [-0.1, -0.05) is 0 Å². The highest BCUT2D eigenvalue weighted by Crippen LogP contribution is 2.25. The highest BCUT2D eigenvalue weighted by atomic mass is 32.1. The van der Waals surface area contributed by atoms with Crippen LogP contribution < -0.4 is 11.1 Å². The van der Waals surface area contributed by atoms with Gasteiger partial charge in [-0.25, -0.2) is 8.78 Å². The van der Waals surface area contributed by atoms with E-state index in [4.69, 9.17) is 11.0 Å². The Morgan fingerprint density at radius 3 is 3.00 bits per heavy atom. The van der Waals surface area contributed by atoms with Crippen LogP contribution in [-0.2, 0) is 4.74 Å². The van der Waals surface area contributed by atoms with E-state index in [1.54, 1.807) is 0 Å². The summed E-state index contributed by atoms with van der Waals surface area (Å²) in [6.45, 7) is -0.131. The van der Waals surface area contributed by atoms with Crippen molar-refractivity contribution in [3.05, 3.63) is 5.56 Å². The minimum Gasteiger partial charge on any atom is -0.382 e. The molecule has 3 N–H and O–H groups in total. The van der Waals surface area contributed by atoms with E-state index in [0.717, 1.165) is 11.5 Å². The molecule has 1 rings (SSSR count). The van der Waals surface area contributed by atoms with Gasteiger partial charge in [-0.3, -0.25) is 0 Å². The fourth-order valence-corrected chi connectivity index (χ4v) is 1.63. The van der Waals surface area contributed by atoms with Crippen LogP contribution in [0.25, 0.3) is 0 Å². The van der Waals surface area contributed by atoms with E-state index in [9.17, 15) is 8.78 Å². The largest absolute Gasteiger partial charge is 0.382 e. The third kappa shape index (κ3) is 3.60. The van der Waals surface area contributed by atoms with Gasteiger partial charge in [0.15, 0.2) is 5.82 Å². The predicted octanol–water partition coefficient (Wildman–Crippen LogP) is 1.29. The lowest BCUT2D eigenvalue weighted by Crippen LogP contribution is -2.13. The van der Waals surface area contributed by atoms with Gasteiger partial charge >= 0.3 is 0 Å². The molecule has 0 aromatic carbocycles. The number of anilines is 2. The van der Waals surface area contributed by atoms with Crippen molar-refractivity contribution in [3.8, 4) is 6.07 Å². The molecule has 1 aromatic heterocycles. The number of ether oxygens (including phenoxy) is 1. The van der Waals surface area contributed by atoms with E-state index >= 15 is 0 Å². The summed E-state index contributed by atoms with van der Waals surface area (Å²) in [5, 5.41) is 12.1. The minimum absolute atomic E-state index is 0.132. The zero-order valence-electron chi connectivity index (χ0n) is 8.24. The average Bonchev–Trinajstić information content (AvgIpc) is 2.58. The summed E-state index contributed by atoms with van der Waals surface area (Å²) in [4.78, 5) is 0. The molecule has 88 valence electrons. The first-order valence-corrected chi connectivity index (χ1v) is 5.17. The summed E-state index contributed by atoms with van der Waals surface area (Å²) in [5.41, 5.74) is 5.71. The molecule has 0 spiro atoms. The van der Waals surface area contributed by atoms with E-state index in [0.29, 0.717) is 11.5 Å². The number of aromatic nitrogens is 1. The van der Waals surface area contributed by atoms with Crippen LogP contribution >= 0.6 is 11.5 Å². The maximum absolute atomic E-state index is 11.7. The molecule has 0 aliphatic carbocycles. The Morgan fingerprint density at radius 2 is 2.38 bits per heavy atom. The Labute approximate surface area is 95.0 Å². The quantitative estimate of drug-likeness (QED) is 0.741. The molecule has 16 heavy (non-hydrogen) atoms. The summed E-state index contributed by atoms with van der Waals surface area (Å²) in [6, 6.07) is 1.90. The summed E-state index contributed by atoms with van der Waals surface area (Å²) < 4.78 is 31.8. The third-order valence-corrected chi connectivity index (χ3v) is 2.43. The second-order valence-corrected chi connectivity index (χ2v) is 3.55. The van der Waals surface area contributed by atoms with Crippen molar-refractivity contribution in [2.75, 3.05) is 30.8 Å². The highest BCUT2D eigenvalue weighted by Gasteiger charge is 2.09. The molecule has 0 saturated carbocycles. The van der Waals surface area contributed by atoms with Gasteiger partial charge in [0.05, 0.1) is 6.61 Å². The van der Waals surface area contributed by atoms with Gasteiger partial charge < -0.3 is 15.8 Å². The number of alkyl halides is 2. The first kappa shape index (κ1) is 12.6. The summed E-state index contributed by atoms with van der Waals surface area (Å²) >= 11 is 1.05. The second-order valence-electron chi connectivity index (χ2n) is 2.78. The Kier molecular flexibility index (Phi) is 4.88. The lowest BCUT2D eigenvalue weighted by molar-refractivity contribution is 0.0215. The predicted molar refractivity (Wildman–Crippen MR) is 56.6 cm³/mol. The van der Waals surface area contributed by atoms with Crippen molar-refractivity contribution in [1.82, 2.24) is 4.37 Å². The van der Waals surface area contributed by atoms with Crippen LogP contribution in [0.4, 0.5) is 19.6 Å². The molecule has 0 radical (unpaired) electrons. The average molecular weight is 248 g/mol. The van der Waals surface area contributed by atoms with Gasteiger partial charge in [-0.05, 0) is 11.5 Å². The van der Waals surface area contributed by atoms with Crippen molar-refractivity contribution < 1.29 is 13.5 Å². The number of rotatable bonds is 6. The van der Waals surface area contributed by atoms with E-state index in [1.807, 2.05) is 6.07 Å². The number of hydrogen-bond acceptors (Lipinski definition) is 6. The standard InChI is InChI=1S/C8H10F2N4OS/c9-6(10)4-15-2-1-13-8-5(3-11)7(12)14-16-8/h6,13H,1-2,4H2,(H2,12,14). The SMILES string of the molecule is N#Cc1c(N)nsc1NCCOCC(F)F. The molecule has 1 aromatic rings. The number of halogens is 2. The topological polar surface area (TPSA) is 84.0 Å². The van der Waals surface area contributed by atoms with Crippen molar-refractivity contribution >= 4 is 22.4 Å². The number of nitrogens with one attached hydrogen (secondary N) is 1. The van der Waals surface area contributed by atoms with Gasteiger partial charge in [0.1, 0.15) is 23.2 Å². The van der Waals surface area contributed by atoms with E-state index in [2.05, 4.69) is 14.4 Å². The highest BCUT2D eigenvalue weighted by molar-refractivity contribution is 7.10. The van der Waals surface area contributed by atoms with Crippen LogP contribution in [-0.4, -0.2) is 30.6 Å². The lowest BCUT2D eigenvalue weighted by Gasteiger charge is -2.04. The van der Waals surface area contributed by atoms with E-state index in [1.165, 1.54) is 0 Å². The number of nitrogens with two attached hydrogens (primary N) is 1. The van der Waals surface area contributed by atoms with Crippen LogP contribution in [0.5, 0.6) is 0 Å². The number of nitriles is 1. The maximum Gasteiger partial charge on any atom is 0.261 e. The molecular weight excluding hydrogens is 238 g/mol. The van der Waals surface area contributed by atoms with Crippen molar-refractivity contribution in [1.29, 1.82) is 5.26 Å². The Morgan fingerprint density at radius 1 is 1.62 bits per heavy atom. The van der Waals surface area contributed by atoms with Crippen LogP contribution in [0.3, 0.4) is 0 Å². The molecule has 0 fully saturated rings. The van der Waals surface area contributed by atoms with Crippen LogP contribution in [0.1, 0.15) is 5.56 Å². The van der Waals surface area contributed by atoms with Crippen LogP contribution in [0.2, 0.25) is 0 Å². The fourth-order valence-electron chi connectivity index (χ4n) is 0.940. The number of nitrogens with zero attached hydrogens (tertiary/aromatic N) is 2. The van der Waals surface area contributed by atoms with Crippen LogP contribution in [0.15, 0.2) is 0 Å². The number of nitrogen functional groups attached to an aromatic ring is 1. The monoisotopic (exact) mass is 248 g/mol. The smallest absolute Gasteiger partial charge is 0.261 e. The zero-order valence-corrected chi connectivity index (χ0v) is 9.06. The first-order valence-electron chi connectivity index (χ1n) is 4.40. The van der Waals surface area contributed by atoms with Gasteiger partial charge in [0.2, 0.25) is 0 Å². The molecule has 0 aliphatic heterocycles. The fraction of sp³-hybridized carbons (Fsp3) is 0.500. The van der Waals surface area contributed by atoms with Gasteiger partial charge in [-0.2, -0.15) is 9.64 Å². The van der Waals surface area contributed by atoms with Gasteiger partial charge in [0.25, 0.3) is 6.43 Å². The minimum atomic E-state index is -2.46. The summed E-state index contributed by atoms with van der Waals surface area (Å²) in [6.07, 6.45) is -2.46. The second kappa shape index (κ2) is 6.19. The molecule has 0 saturated heterocycles. The van der Waals surface area contributed by atoms with E-state index < -0.39 is 13.0 Å². The van der Waals surface area contributed by atoms with Crippen molar-refractivity contribution in [3.63, 3.8) is 0 Å². The maximum atomic E-state index is 11.7. The molecule has 0 amide bonds. The Hall–Kier alpha value is -1.46. The lowest BCUT2D eigenvalue weighted by atomic mass is 10.3. The first-order chi connectivity index (χ1) is 7.65. The molecule has 0 bridgehead atoms. The Bertz CT molecular complexity index is 377. The molecule has 0 atom stereocenters. The molecule has 0 unspecified atom stereocenters. The van der Waals surface area contributed by atoms with Crippen LogP contribution in [0, 0.1) is 11.3 Å². The molecule has 5 nitrogen and oxygen atoms in total. The summed E-state index contributed by atoms with van der Waals surface area (Å²) in [5.74, 6) is 0.170. The summed E-state index contributed by atoms with van der Waals surface area (Å²) in [7, 11) is 0.